The maximum Gasteiger partial charge on any atom is 0.307 e. The lowest BCUT2D eigenvalue weighted by Gasteiger charge is -2.01. The van der Waals surface area contributed by atoms with Crippen molar-refractivity contribution < 1.29 is 9.53 Å². The van der Waals surface area contributed by atoms with Gasteiger partial charge in [-0.15, -0.1) is 0 Å². The van der Waals surface area contributed by atoms with Gasteiger partial charge in [-0.25, -0.2) is 0 Å². The number of ether oxygens (including phenoxy) is 1. The second kappa shape index (κ2) is 4.47. The van der Waals surface area contributed by atoms with Crippen molar-refractivity contribution in [1.82, 2.24) is 9.78 Å². The van der Waals surface area contributed by atoms with Crippen LogP contribution in [-0.2, 0) is 16.1 Å². The standard InChI is InChI=1S/C11H16N2O2/c1-2-15-11(14)6-8-13-7-5-10(12-13)9-3-4-9/h5,7,9H,2-4,6,8H2,1H3. The van der Waals surface area contributed by atoms with Gasteiger partial charge in [-0.2, -0.15) is 5.10 Å². The Labute approximate surface area is 89.2 Å². The Balaban J connectivity index is 1.80. The fourth-order valence-electron chi connectivity index (χ4n) is 1.54. The molecular weight excluding hydrogens is 192 g/mol. The Bertz CT molecular complexity index is 342. The van der Waals surface area contributed by atoms with Crippen molar-refractivity contribution in [3.63, 3.8) is 0 Å². The molecule has 0 bridgehead atoms. The summed E-state index contributed by atoms with van der Waals surface area (Å²) < 4.78 is 6.67. The molecule has 0 amide bonds. The second-order valence-electron chi connectivity index (χ2n) is 3.83. The summed E-state index contributed by atoms with van der Waals surface area (Å²) in [5, 5.41) is 4.41. The van der Waals surface area contributed by atoms with Crippen molar-refractivity contribution in [3.05, 3.63) is 18.0 Å². The zero-order valence-electron chi connectivity index (χ0n) is 8.98. The monoisotopic (exact) mass is 208 g/mol. The van der Waals surface area contributed by atoms with Gasteiger partial charge in [-0.3, -0.25) is 9.48 Å². The number of nitrogens with zero attached hydrogens (tertiary/aromatic N) is 2. The van der Waals surface area contributed by atoms with E-state index < -0.39 is 0 Å². The summed E-state index contributed by atoms with van der Waals surface area (Å²) in [5.74, 6) is 0.523. The lowest BCUT2D eigenvalue weighted by atomic mass is 10.3. The number of carbonyl (C=O) groups is 1. The van der Waals surface area contributed by atoms with Gasteiger partial charge >= 0.3 is 5.97 Å². The SMILES string of the molecule is CCOC(=O)CCn1ccc(C2CC2)n1. The molecule has 1 heterocycles. The molecule has 2 rings (SSSR count). The van der Waals surface area contributed by atoms with Gasteiger partial charge in [0.1, 0.15) is 0 Å². The summed E-state index contributed by atoms with van der Waals surface area (Å²) >= 11 is 0. The predicted octanol–water partition coefficient (Wildman–Crippen LogP) is 1.71. The maximum absolute atomic E-state index is 11.1. The molecular formula is C11H16N2O2. The highest BCUT2D eigenvalue weighted by molar-refractivity contribution is 5.69. The minimum absolute atomic E-state index is 0.152. The van der Waals surface area contributed by atoms with E-state index in [-0.39, 0.29) is 5.97 Å². The van der Waals surface area contributed by atoms with Gasteiger partial charge in [-0.05, 0) is 25.8 Å². The van der Waals surface area contributed by atoms with Crippen LogP contribution in [0, 0.1) is 0 Å². The van der Waals surface area contributed by atoms with Crippen molar-refractivity contribution in [1.29, 1.82) is 0 Å². The lowest BCUT2D eigenvalue weighted by Crippen LogP contribution is -2.09. The molecule has 4 heteroatoms. The van der Waals surface area contributed by atoms with E-state index in [4.69, 9.17) is 4.74 Å². The number of esters is 1. The van der Waals surface area contributed by atoms with Gasteiger partial charge in [-0.1, -0.05) is 0 Å². The first-order valence-electron chi connectivity index (χ1n) is 5.48. The van der Waals surface area contributed by atoms with Crippen LogP contribution in [-0.4, -0.2) is 22.4 Å². The average molecular weight is 208 g/mol. The van der Waals surface area contributed by atoms with Crippen LogP contribution in [0.2, 0.25) is 0 Å². The number of hydrogen-bond donors (Lipinski definition) is 0. The van der Waals surface area contributed by atoms with Crippen molar-refractivity contribution in [2.24, 2.45) is 0 Å². The van der Waals surface area contributed by atoms with Crippen LogP contribution in [0.25, 0.3) is 0 Å². The molecule has 0 N–H and O–H groups in total. The van der Waals surface area contributed by atoms with Gasteiger partial charge in [0.2, 0.25) is 0 Å². The smallest absolute Gasteiger partial charge is 0.307 e. The minimum Gasteiger partial charge on any atom is -0.466 e. The molecule has 1 aromatic rings. The lowest BCUT2D eigenvalue weighted by molar-refractivity contribution is -0.143. The van der Waals surface area contributed by atoms with E-state index in [9.17, 15) is 4.79 Å². The molecule has 0 aromatic carbocycles. The largest absolute Gasteiger partial charge is 0.466 e. The Hall–Kier alpha value is -1.32. The van der Waals surface area contributed by atoms with Crippen LogP contribution in [0.5, 0.6) is 0 Å². The van der Waals surface area contributed by atoms with E-state index >= 15 is 0 Å². The number of rotatable bonds is 5. The predicted molar refractivity (Wildman–Crippen MR) is 55.5 cm³/mol. The normalized spacial score (nSPS) is 15.3. The van der Waals surface area contributed by atoms with E-state index in [2.05, 4.69) is 5.10 Å². The molecule has 0 saturated heterocycles. The Morgan fingerprint density at radius 3 is 3.13 bits per heavy atom. The molecule has 0 unspecified atom stereocenters. The van der Waals surface area contributed by atoms with E-state index in [0.29, 0.717) is 25.5 Å². The molecule has 15 heavy (non-hydrogen) atoms. The summed E-state index contributed by atoms with van der Waals surface area (Å²) in [4.78, 5) is 11.1. The highest BCUT2D eigenvalue weighted by Crippen LogP contribution is 2.38. The summed E-state index contributed by atoms with van der Waals surface area (Å²) in [7, 11) is 0. The second-order valence-corrected chi connectivity index (χ2v) is 3.83. The van der Waals surface area contributed by atoms with Gasteiger partial charge < -0.3 is 4.74 Å². The van der Waals surface area contributed by atoms with Gasteiger partial charge in [0.25, 0.3) is 0 Å². The highest BCUT2D eigenvalue weighted by Gasteiger charge is 2.25. The summed E-state index contributed by atoms with van der Waals surface area (Å²) in [6.07, 6.45) is 4.86. The molecule has 0 spiro atoms. The fraction of sp³-hybridized carbons (Fsp3) is 0.636. The van der Waals surface area contributed by atoms with Crippen LogP contribution in [0.1, 0.15) is 37.8 Å². The summed E-state index contributed by atoms with van der Waals surface area (Å²) in [6.45, 7) is 2.88. The van der Waals surface area contributed by atoms with Crippen LogP contribution in [0.3, 0.4) is 0 Å². The molecule has 1 aliphatic rings. The topological polar surface area (TPSA) is 44.1 Å². The molecule has 1 aliphatic carbocycles. The first kappa shape index (κ1) is 10.2. The van der Waals surface area contributed by atoms with Crippen molar-refractivity contribution in [2.75, 3.05) is 6.61 Å². The minimum atomic E-state index is -0.152. The van der Waals surface area contributed by atoms with Crippen LogP contribution in [0.15, 0.2) is 12.3 Å². The Morgan fingerprint density at radius 1 is 1.67 bits per heavy atom. The summed E-state index contributed by atoms with van der Waals surface area (Å²) in [6, 6.07) is 2.04. The first-order valence-corrected chi connectivity index (χ1v) is 5.48. The maximum atomic E-state index is 11.1. The number of hydrogen-bond acceptors (Lipinski definition) is 3. The van der Waals surface area contributed by atoms with Gasteiger partial charge in [0, 0.05) is 12.1 Å². The average Bonchev–Trinajstić information content (AvgIpc) is 2.96. The van der Waals surface area contributed by atoms with E-state index in [0.717, 1.165) is 0 Å². The third kappa shape index (κ3) is 2.81. The molecule has 1 fully saturated rings. The quantitative estimate of drug-likeness (QED) is 0.692. The van der Waals surface area contributed by atoms with Crippen LogP contribution >= 0.6 is 0 Å². The summed E-state index contributed by atoms with van der Waals surface area (Å²) in [5.41, 5.74) is 1.17. The third-order valence-electron chi connectivity index (χ3n) is 2.51. The van der Waals surface area contributed by atoms with Gasteiger partial charge in [0.15, 0.2) is 0 Å². The van der Waals surface area contributed by atoms with Crippen LogP contribution < -0.4 is 0 Å². The number of aryl methyl sites for hydroxylation is 1. The molecule has 0 aliphatic heterocycles. The first-order chi connectivity index (χ1) is 7.29. The van der Waals surface area contributed by atoms with E-state index in [1.165, 1.54) is 18.5 Å². The zero-order chi connectivity index (χ0) is 10.7. The van der Waals surface area contributed by atoms with Crippen molar-refractivity contribution in [2.45, 2.75) is 38.6 Å². The van der Waals surface area contributed by atoms with Gasteiger partial charge in [0.05, 0.1) is 25.3 Å². The van der Waals surface area contributed by atoms with E-state index in [1.807, 2.05) is 23.9 Å². The number of carbonyl (C=O) groups excluding carboxylic acids is 1. The molecule has 0 atom stereocenters. The van der Waals surface area contributed by atoms with Crippen LogP contribution in [0.4, 0.5) is 0 Å². The molecule has 0 radical (unpaired) electrons. The number of aromatic nitrogens is 2. The molecule has 4 nitrogen and oxygen atoms in total. The molecule has 82 valence electrons. The zero-order valence-corrected chi connectivity index (χ0v) is 8.98. The van der Waals surface area contributed by atoms with E-state index in [1.54, 1.807) is 0 Å². The van der Waals surface area contributed by atoms with Crippen molar-refractivity contribution >= 4 is 5.97 Å². The van der Waals surface area contributed by atoms with Crippen molar-refractivity contribution in [3.8, 4) is 0 Å². The molecule has 1 saturated carbocycles. The highest BCUT2D eigenvalue weighted by atomic mass is 16.5. The third-order valence-corrected chi connectivity index (χ3v) is 2.51. The Morgan fingerprint density at radius 2 is 2.47 bits per heavy atom. The Kier molecular flexibility index (Phi) is 3.04. The fourth-order valence-corrected chi connectivity index (χ4v) is 1.54. The molecule has 1 aromatic heterocycles.